The normalized spacial score (nSPS) is 32.5. The molecule has 2 atom stereocenters. The van der Waals surface area contributed by atoms with Crippen LogP contribution in [-0.4, -0.2) is 41.2 Å². The summed E-state index contributed by atoms with van der Waals surface area (Å²) < 4.78 is 0. The number of carbonyl (C=O) groups is 3. The van der Waals surface area contributed by atoms with Gasteiger partial charge in [0.2, 0.25) is 11.8 Å². The first-order valence-electron chi connectivity index (χ1n) is 7.46. The molecule has 0 aromatic rings. The van der Waals surface area contributed by atoms with Crippen molar-refractivity contribution in [3.8, 4) is 0 Å². The van der Waals surface area contributed by atoms with E-state index in [4.69, 9.17) is 0 Å². The second-order valence-corrected chi connectivity index (χ2v) is 5.95. The van der Waals surface area contributed by atoms with Gasteiger partial charge in [0.25, 0.3) is 5.91 Å². The highest BCUT2D eigenvalue weighted by molar-refractivity contribution is 6.06. The number of carbonyl (C=O) groups excluding carboxylic acids is 3. The fourth-order valence-electron chi connectivity index (χ4n) is 2.94. The number of amides is 3. The van der Waals surface area contributed by atoms with Gasteiger partial charge >= 0.3 is 0 Å². The lowest BCUT2D eigenvalue weighted by atomic mass is 10.0. The Morgan fingerprint density at radius 1 is 1.27 bits per heavy atom. The van der Waals surface area contributed by atoms with Crippen LogP contribution in [-0.2, 0) is 14.4 Å². The maximum atomic E-state index is 12.7. The summed E-state index contributed by atoms with van der Waals surface area (Å²) in [5.41, 5.74) is 2.61. The molecule has 3 amide bonds. The number of nitrogens with one attached hydrogen (secondary N) is 2. The summed E-state index contributed by atoms with van der Waals surface area (Å²) >= 11 is 0. The summed E-state index contributed by atoms with van der Waals surface area (Å²) in [6.07, 6.45) is 6.28. The van der Waals surface area contributed by atoms with E-state index < -0.39 is 6.04 Å². The van der Waals surface area contributed by atoms with Crippen molar-refractivity contribution in [3.05, 3.63) is 35.1 Å². The SMILES string of the molecule is C/C1=C\C2=C(/C=C\NC1C)CN(C1CCC(=O)NC1=O)C2=O. The van der Waals surface area contributed by atoms with Crippen LogP contribution in [0, 0.1) is 0 Å². The zero-order chi connectivity index (χ0) is 15.9. The number of rotatable bonds is 1. The lowest BCUT2D eigenvalue weighted by Crippen LogP contribution is -2.53. The molecule has 3 heterocycles. The number of imide groups is 1. The highest BCUT2D eigenvalue weighted by Gasteiger charge is 2.39. The summed E-state index contributed by atoms with van der Waals surface area (Å²) in [5, 5.41) is 5.55. The van der Waals surface area contributed by atoms with E-state index >= 15 is 0 Å². The van der Waals surface area contributed by atoms with Crippen molar-refractivity contribution >= 4 is 17.7 Å². The standard InChI is InChI=1S/C16H19N3O3/c1-9-7-12-11(5-6-17-10(9)2)8-19(16(12)22)13-3-4-14(20)18-15(13)21/h5-7,10,13,17H,3-4,8H2,1-2H3,(H,18,20,21)/b6-5-,9-7+. The monoisotopic (exact) mass is 301 g/mol. The number of hydrogen-bond acceptors (Lipinski definition) is 4. The maximum Gasteiger partial charge on any atom is 0.255 e. The van der Waals surface area contributed by atoms with Gasteiger partial charge in [0, 0.05) is 24.6 Å². The lowest BCUT2D eigenvalue weighted by molar-refractivity contribution is -0.142. The third-order valence-corrected chi connectivity index (χ3v) is 4.45. The molecule has 6 heteroatoms. The molecule has 0 saturated carbocycles. The van der Waals surface area contributed by atoms with E-state index in [1.165, 1.54) is 0 Å². The van der Waals surface area contributed by atoms with Gasteiger partial charge in [0.05, 0.1) is 0 Å². The minimum absolute atomic E-state index is 0.136. The van der Waals surface area contributed by atoms with Gasteiger partial charge in [-0.2, -0.15) is 0 Å². The molecular weight excluding hydrogens is 282 g/mol. The highest BCUT2D eigenvalue weighted by Crippen LogP contribution is 2.28. The smallest absolute Gasteiger partial charge is 0.255 e. The molecule has 0 aliphatic carbocycles. The van der Waals surface area contributed by atoms with Crippen molar-refractivity contribution in [2.45, 2.75) is 38.8 Å². The molecule has 6 nitrogen and oxygen atoms in total. The zero-order valence-corrected chi connectivity index (χ0v) is 12.7. The van der Waals surface area contributed by atoms with E-state index in [2.05, 4.69) is 10.6 Å². The van der Waals surface area contributed by atoms with Crippen molar-refractivity contribution in [3.63, 3.8) is 0 Å². The fraction of sp³-hybridized carbons (Fsp3) is 0.438. The zero-order valence-electron chi connectivity index (χ0n) is 12.7. The van der Waals surface area contributed by atoms with Crippen LogP contribution in [0.1, 0.15) is 26.7 Å². The molecule has 3 rings (SSSR count). The Morgan fingerprint density at radius 3 is 2.77 bits per heavy atom. The van der Waals surface area contributed by atoms with Crippen LogP contribution in [0.25, 0.3) is 0 Å². The van der Waals surface area contributed by atoms with Crippen LogP contribution in [0.4, 0.5) is 0 Å². The average molecular weight is 301 g/mol. The van der Waals surface area contributed by atoms with E-state index in [1.54, 1.807) is 4.90 Å². The van der Waals surface area contributed by atoms with E-state index in [0.29, 0.717) is 18.5 Å². The molecule has 0 radical (unpaired) electrons. The third kappa shape index (κ3) is 2.45. The van der Waals surface area contributed by atoms with Crippen molar-refractivity contribution in [2.24, 2.45) is 0 Å². The minimum Gasteiger partial charge on any atom is -0.385 e. The molecule has 2 unspecified atom stereocenters. The first kappa shape index (κ1) is 14.6. The Morgan fingerprint density at radius 2 is 2.05 bits per heavy atom. The first-order valence-corrected chi connectivity index (χ1v) is 7.46. The molecule has 1 fully saturated rings. The van der Waals surface area contributed by atoms with Gasteiger partial charge in [0.1, 0.15) is 6.04 Å². The Hall–Kier alpha value is -2.37. The van der Waals surface area contributed by atoms with Gasteiger partial charge in [-0.25, -0.2) is 0 Å². The molecule has 0 spiro atoms. The fourth-order valence-corrected chi connectivity index (χ4v) is 2.94. The van der Waals surface area contributed by atoms with Gasteiger partial charge < -0.3 is 10.2 Å². The molecule has 3 aliphatic heterocycles. The summed E-state index contributed by atoms with van der Waals surface area (Å²) in [6.45, 7) is 4.40. The van der Waals surface area contributed by atoms with Crippen LogP contribution in [0.3, 0.4) is 0 Å². The first-order chi connectivity index (χ1) is 10.5. The summed E-state index contributed by atoms with van der Waals surface area (Å²) in [6, 6.07) is -0.409. The van der Waals surface area contributed by atoms with E-state index in [1.807, 2.05) is 32.2 Å². The van der Waals surface area contributed by atoms with Gasteiger partial charge in [-0.15, -0.1) is 0 Å². The quantitative estimate of drug-likeness (QED) is 0.687. The van der Waals surface area contributed by atoms with Crippen molar-refractivity contribution < 1.29 is 14.4 Å². The van der Waals surface area contributed by atoms with Gasteiger partial charge in [-0.05, 0) is 44.2 Å². The summed E-state index contributed by atoms with van der Waals surface area (Å²) in [5.74, 6) is -0.785. The largest absolute Gasteiger partial charge is 0.385 e. The maximum absolute atomic E-state index is 12.7. The summed E-state index contributed by atoms with van der Waals surface area (Å²) in [4.78, 5) is 37.5. The molecule has 3 aliphatic rings. The second-order valence-electron chi connectivity index (χ2n) is 5.95. The minimum atomic E-state index is -0.564. The van der Waals surface area contributed by atoms with Crippen LogP contribution in [0.2, 0.25) is 0 Å². The Balaban J connectivity index is 1.87. The van der Waals surface area contributed by atoms with E-state index in [-0.39, 0.29) is 30.2 Å². The van der Waals surface area contributed by atoms with Gasteiger partial charge in [0.15, 0.2) is 0 Å². The predicted molar refractivity (Wildman–Crippen MR) is 80.4 cm³/mol. The van der Waals surface area contributed by atoms with Crippen LogP contribution < -0.4 is 10.6 Å². The molecule has 116 valence electrons. The number of piperidine rings is 1. The molecule has 22 heavy (non-hydrogen) atoms. The Labute approximate surface area is 128 Å². The van der Waals surface area contributed by atoms with Crippen LogP contribution >= 0.6 is 0 Å². The van der Waals surface area contributed by atoms with E-state index in [9.17, 15) is 14.4 Å². The van der Waals surface area contributed by atoms with Gasteiger partial charge in [-0.1, -0.05) is 5.57 Å². The Kier molecular flexibility index (Phi) is 3.60. The summed E-state index contributed by atoms with van der Waals surface area (Å²) in [7, 11) is 0. The number of nitrogens with zero attached hydrogens (tertiary/aromatic N) is 1. The van der Waals surface area contributed by atoms with Crippen LogP contribution in [0.15, 0.2) is 35.1 Å². The third-order valence-electron chi connectivity index (χ3n) is 4.45. The van der Waals surface area contributed by atoms with Crippen molar-refractivity contribution in [1.82, 2.24) is 15.5 Å². The lowest BCUT2D eigenvalue weighted by Gasteiger charge is -2.29. The second kappa shape index (κ2) is 5.44. The van der Waals surface area contributed by atoms with Crippen LogP contribution in [0.5, 0.6) is 0 Å². The molecule has 0 bridgehead atoms. The van der Waals surface area contributed by atoms with Crippen molar-refractivity contribution in [2.75, 3.05) is 6.54 Å². The molecule has 2 N–H and O–H groups in total. The topological polar surface area (TPSA) is 78.5 Å². The Bertz CT molecular complexity index is 645. The van der Waals surface area contributed by atoms with E-state index in [0.717, 1.165) is 11.1 Å². The molecule has 0 aromatic heterocycles. The van der Waals surface area contributed by atoms with Gasteiger partial charge in [-0.3, -0.25) is 19.7 Å². The highest BCUT2D eigenvalue weighted by atomic mass is 16.2. The molecule has 1 saturated heterocycles. The van der Waals surface area contributed by atoms with Crippen molar-refractivity contribution in [1.29, 1.82) is 0 Å². The number of hydrogen-bond donors (Lipinski definition) is 2. The average Bonchev–Trinajstić information content (AvgIpc) is 2.74. The predicted octanol–water partition coefficient (Wildman–Crippen LogP) is 0.382. The molecule has 0 aromatic carbocycles. The molecular formula is C16H19N3O3.